The predicted octanol–water partition coefficient (Wildman–Crippen LogP) is 2.81. The minimum absolute atomic E-state index is 0.675. The van der Waals surface area contributed by atoms with E-state index < -0.39 is 0 Å². The zero-order valence-corrected chi connectivity index (χ0v) is 8.27. The van der Waals surface area contributed by atoms with Gasteiger partial charge in [-0.3, -0.25) is 4.98 Å². The lowest BCUT2D eigenvalue weighted by atomic mass is 10.1. The van der Waals surface area contributed by atoms with Crippen molar-refractivity contribution < 1.29 is 0 Å². The summed E-state index contributed by atoms with van der Waals surface area (Å²) in [5.41, 5.74) is 8.43. The predicted molar refractivity (Wildman–Crippen MR) is 61.6 cm³/mol. The number of nitrogen functional groups attached to an aromatic ring is 1. The molecule has 0 unspecified atom stereocenters. The highest BCUT2D eigenvalue weighted by Crippen LogP contribution is 2.16. The molecule has 0 bridgehead atoms. The van der Waals surface area contributed by atoms with E-state index in [1.165, 1.54) is 0 Å². The van der Waals surface area contributed by atoms with Crippen molar-refractivity contribution in [3.05, 3.63) is 54.9 Å². The Hall–Kier alpha value is -1.83. The second-order valence-corrected chi connectivity index (χ2v) is 2.85. The van der Waals surface area contributed by atoms with Crippen molar-refractivity contribution in [2.24, 2.45) is 0 Å². The van der Waals surface area contributed by atoms with Crippen LogP contribution < -0.4 is 5.73 Å². The van der Waals surface area contributed by atoms with Gasteiger partial charge < -0.3 is 5.73 Å². The molecule has 1 heterocycles. The largest absolute Gasteiger partial charge is 0.397 e. The standard InChI is InChI=1S/C12H14N2/c1-3-5-6-10(4-2)11-7-12(13)9-14-8-11/h3-9H,1,13H2,2H3/b6-5-,10-4+. The lowest BCUT2D eigenvalue weighted by Gasteiger charge is -2.01. The van der Waals surface area contributed by atoms with Crippen LogP contribution >= 0.6 is 0 Å². The van der Waals surface area contributed by atoms with E-state index in [1.54, 1.807) is 18.5 Å². The summed E-state index contributed by atoms with van der Waals surface area (Å²) >= 11 is 0. The van der Waals surface area contributed by atoms with E-state index in [4.69, 9.17) is 5.73 Å². The summed E-state index contributed by atoms with van der Waals surface area (Å²) in [6, 6.07) is 1.90. The number of rotatable bonds is 3. The minimum Gasteiger partial charge on any atom is -0.397 e. The number of hydrogen-bond donors (Lipinski definition) is 1. The molecule has 1 aromatic rings. The van der Waals surface area contributed by atoms with Gasteiger partial charge in [0.1, 0.15) is 0 Å². The van der Waals surface area contributed by atoms with Crippen LogP contribution in [0.25, 0.3) is 5.57 Å². The number of anilines is 1. The second-order valence-electron chi connectivity index (χ2n) is 2.85. The van der Waals surface area contributed by atoms with Gasteiger partial charge in [-0.15, -0.1) is 0 Å². The molecule has 1 rings (SSSR count). The van der Waals surface area contributed by atoms with Crippen LogP contribution in [0.5, 0.6) is 0 Å². The Morgan fingerprint density at radius 1 is 1.50 bits per heavy atom. The molecule has 0 spiro atoms. The molecule has 0 radical (unpaired) electrons. The number of nitrogens with two attached hydrogens (primary N) is 1. The smallest absolute Gasteiger partial charge is 0.0506 e. The van der Waals surface area contributed by atoms with Crippen molar-refractivity contribution in [3.63, 3.8) is 0 Å². The normalized spacial score (nSPS) is 11.9. The summed E-state index contributed by atoms with van der Waals surface area (Å²) in [7, 11) is 0. The van der Waals surface area contributed by atoms with Gasteiger partial charge >= 0.3 is 0 Å². The van der Waals surface area contributed by atoms with Crippen molar-refractivity contribution in [1.82, 2.24) is 4.98 Å². The monoisotopic (exact) mass is 186 g/mol. The molecule has 0 aliphatic carbocycles. The van der Waals surface area contributed by atoms with Crippen molar-refractivity contribution >= 4 is 11.3 Å². The molecule has 0 atom stereocenters. The SMILES string of the molecule is C=C/C=C\C(=C/C)c1cncc(N)c1. The molecule has 0 aliphatic heterocycles. The van der Waals surface area contributed by atoms with E-state index >= 15 is 0 Å². The number of pyridine rings is 1. The summed E-state index contributed by atoms with van der Waals surface area (Å²) < 4.78 is 0. The van der Waals surface area contributed by atoms with E-state index in [1.807, 2.05) is 31.2 Å². The molecule has 0 fully saturated rings. The highest BCUT2D eigenvalue weighted by atomic mass is 14.7. The van der Waals surface area contributed by atoms with E-state index in [-0.39, 0.29) is 0 Å². The molecular formula is C12H14N2. The first-order valence-corrected chi connectivity index (χ1v) is 4.44. The van der Waals surface area contributed by atoms with Gasteiger partial charge in [0, 0.05) is 18.0 Å². The highest BCUT2D eigenvalue weighted by molar-refractivity contribution is 5.74. The zero-order valence-electron chi connectivity index (χ0n) is 8.27. The van der Waals surface area contributed by atoms with Crippen molar-refractivity contribution in [1.29, 1.82) is 0 Å². The van der Waals surface area contributed by atoms with Gasteiger partial charge in [-0.1, -0.05) is 30.9 Å². The van der Waals surface area contributed by atoms with Gasteiger partial charge in [-0.25, -0.2) is 0 Å². The molecular weight excluding hydrogens is 172 g/mol. The van der Waals surface area contributed by atoms with Crippen LogP contribution in [0.1, 0.15) is 12.5 Å². The maximum absolute atomic E-state index is 5.65. The lowest BCUT2D eigenvalue weighted by Crippen LogP contribution is -1.89. The quantitative estimate of drug-likeness (QED) is 0.737. The Balaban J connectivity index is 3.02. The summed E-state index contributed by atoms with van der Waals surface area (Å²) in [6.45, 7) is 5.60. The van der Waals surface area contributed by atoms with Crippen LogP contribution in [0.3, 0.4) is 0 Å². The summed E-state index contributed by atoms with van der Waals surface area (Å²) in [4.78, 5) is 4.04. The minimum atomic E-state index is 0.675. The van der Waals surface area contributed by atoms with Gasteiger partial charge in [0.05, 0.1) is 5.69 Å². The number of aromatic nitrogens is 1. The van der Waals surface area contributed by atoms with Gasteiger partial charge in [0.15, 0.2) is 0 Å². The van der Waals surface area contributed by atoms with Crippen LogP contribution in [0, 0.1) is 0 Å². The van der Waals surface area contributed by atoms with Crippen molar-refractivity contribution in [2.75, 3.05) is 5.73 Å². The van der Waals surface area contributed by atoms with E-state index in [0.717, 1.165) is 11.1 Å². The van der Waals surface area contributed by atoms with Gasteiger partial charge in [-0.05, 0) is 18.6 Å². The molecule has 1 aromatic heterocycles. The molecule has 2 N–H and O–H groups in total. The molecule has 0 aliphatic rings. The fourth-order valence-electron chi connectivity index (χ4n) is 1.15. The third-order valence-corrected chi connectivity index (χ3v) is 1.82. The van der Waals surface area contributed by atoms with Gasteiger partial charge in [0.2, 0.25) is 0 Å². The van der Waals surface area contributed by atoms with Gasteiger partial charge in [-0.2, -0.15) is 0 Å². The summed E-state index contributed by atoms with van der Waals surface area (Å²) in [6.07, 6.45) is 11.0. The molecule has 72 valence electrons. The second kappa shape index (κ2) is 5.02. The third-order valence-electron chi connectivity index (χ3n) is 1.82. The van der Waals surface area contributed by atoms with Crippen molar-refractivity contribution in [2.45, 2.75) is 6.92 Å². The Kier molecular flexibility index (Phi) is 3.68. The molecule has 2 nitrogen and oxygen atoms in total. The molecule has 14 heavy (non-hydrogen) atoms. The Bertz CT molecular complexity index is 376. The van der Waals surface area contributed by atoms with Crippen LogP contribution in [-0.2, 0) is 0 Å². The van der Waals surface area contributed by atoms with E-state index in [9.17, 15) is 0 Å². The Morgan fingerprint density at radius 2 is 2.29 bits per heavy atom. The molecule has 0 saturated carbocycles. The maximum Gasteiger partial charge on any atom is 0.0506 e. The van der Waals surface area contributed by atoms with Crippen LogP contribution in [0.15, 0.2) is 49.3 Å². The molecule has 2 heteroatoms. The maximum atomic E-state index is 5.65. The first-order chi connectivity index (χ1) is 6.77. The van der Waals surface area contributed by atoms with Gasteiger partial charge in [0.25, 0.3) is 0 Å². The lowest BCUT2D eigenvalue weighted by molar-refractivity contribution is 1.31. The third kappa shape index (κ3) is 2.59. The average molecular weight is 186 g/mol. The van der Waals surface area contributed by atoms with Crippen LogP contribution in [0.2, 0.25) is 0 Å². The Morgan fingerprint density at radius 3 is 2.86 bits per heavy atom. The first kappa shape index (κ1) is 10.3. The Labute approximate surface area is 84.5 Å². The van der Waals surface area contributed by atoms with Crippen LogP contribution in [-0.4, -0.2) is 4.98 Å². The zero-order chi connectivity index (χ0) is 10.4. The highest BCUT2D eigenvalue weighted by Gasteiger charge is 1.96. The number of nitrogens with zero attached hydrogens (tertiary/aromatic N) is 1. The van der Waals surface area contributed by atoms with Crippen molar-refractivity contribution in [3.8, 4) is 0 Å². The molecule has 0 aromatic carbocycles. The topological polar surface area (TPSA) is 38.9 Å². The molecule has 0 amide bonds. The van der Waals surface area contributed by atoms with Crippen LogP contribution in [0.4, 0.5) is 5.69 Å². The summed E-state index contributed by atoms with van der Waals surface area (Å²) in [5.74, 6) is 0. The molecule has 0 saturated heterocycles. The number of allylic oxidation sites excluding steroid dienone is 5. The fourth-order valence-corrected chi connectivity index (χ4v) is 1.15. The summed E-state index contributed by atoms with van der Waals surface area (Å²) in [5, 5.41) is 0. The first-order valence-electron chi connectivity index (χ1n) is 4.44. The average Bonchev–Trinajstić information content (AvgIpc) is 2.19. The van der Waals surface area contributed by atoms with E-state index in [0.29, 0.717) is 5.69 Å². The number of hydrogen-bond acceptors (Lipinski definition) is 2. The van der Waals surface area contributed by atoms with E-state index in [2.05, 4.69) is 11.6 Å². The fraction of sp³-hybridized carbons (Fsp3) is 0.0833.